The van der Waals surface area contributed by atoms with Crippen molar-refractivity contribution >= 4 is 0 Å². The highest BCUT2D eigenvalue weighted by Crippen LogP contribution is 2.22. The maximum atomic E-state index is 5.83. The predicted molar refractivity (Wildman–Crippen MR) is 63.9 cm³/mol. The van der Waals surface area contributed by atoms with E-state index in [1.165, 1.54) is 51.9 Å². The van der Waals surface area contributed by atoms with Gasteiger partial charge in [-0.25, -0.2) is 0 Å². The van der Waals surface area contributed by atoms with E-state index in [1.54, 1.807) is 0 Å². The summed E-state index contributed by atoms with van der Waals surface area (Å²) in [4.78, 5) is 5.30. The lowest BCUT2D eigenvalue weighted by atomic mass is 9.98. The summed E-state index contributed by atoms with van der Waals surface area (Å²) in [6, 6.07) is 1.45. The number of nitrogens with zero attached hydrogens (tertiary/aromatic N) is 2. The van der Waals surface area contributed by atoms with Gasteiger partial charge in [-0.1, -0.05) is 13.3 Å². The number of hydrogen-bond acceptors (Lipinski definition) is 3. The second kappa shape index (κ2) is 5.28. The van der Waals surface area contributed by atoms with Crippen molar-refractivity contribution in [3.05, 3.63) is 0 Å². The van der Waals surface area contributed by atoms with Gasteiger partial charge in [0, 0.05) is 38.3 Å². The van der Waals surface area contributed by atoms with E-state index in [0.717, 1.165) is 12.6 Å². The number of rotatable bonds is 3. The summed E-state index contributed by atoms with van der Waals surface area (Å²) >= 11 is 0. The molecule has 3 heteroatoms. The van der Waals surface area contributed by atoms with E-state index >= 15 is 0 Å². The molecule has 2 aliphatic heterocycles. The van der Waals surface area contributed by atoms with Crippen LogP contribution >= 0.6 is 0 Å². The monoisotopic (exact) mass is 211 g/mol. The van der Waals surface area contributed by atoms with Gasteiger partial charge in [-0.15, -0.1) is 0 Å². The van der Waals surface area contributed by atoms with E-state index in [-0.39, 0.29) is 0 Å². The average Bonchev–Trinajstić information content (AvgIpc) is 2.30. The fraction of sp³-hybridized carbons (Fsp3) is 1.00. The summed E-state index contributed by atoms with van der Waals surface area (Å²) in [6.07, 6.45) is 5.43. The maximum absolute atomic E-state index is 5.83. The van der Waals surface area contributed by atoms with Crippen molar-refractivity contribution in [2.75, 3.05) is 32.7 Å². The van der Waals surface area contributed by atoms with E-state index in [9.17, 15) is 0 Å². The molecule has 15 heavy (non-hydrogen) atoms. The molecule has 2 heterocycles. The fourth-order valence-electron chi connectivity index (χ4n) is 3.09. The van der Waals surface area contributed by atoms with Crippen LogP contribution in [0.25, 0.3) is 0 Å². The van der Waals surface area contributed by atoms with E-state index in [1.807, 2.05) is 0 Å². The van der Waals surface area contributed by atoms with Gasteiger partial charge >= 0.3 is 0 Å². The molecule has 2 unspecified atom stereocenters. The van der Waals surface area contributed by atoms with Gasteiger partial charge in [-0.2, -0.15) is 0 Å². The van der Waals surface area contributed by atoms with Crippen molar-refractivity contribution in [2.45, 2.75) is 44.7 Å². The summed E-state index contributed by atoms with van der Waals surface area (Å²) in [6.45, 7) is 8.16. The molecule has 0 saturated carbocycles. The minimum Gasteiger partial charge on any atom is -0.329 e. The minimum absolute atomic E-state index is 0.620. The number of fused-ring (bicyclic) bond motifs is 1. The third kappa shape index (κ3) is 2.52. The lowest BCUT2D eigenvalue weighted by molar-refractivity contribution is 0.0282. The number of hydrogen-bond donors (Lipinski definition) is 1. The lowest BCUT2D eigenvalue weighted by Crippen LogP contribution is -2.58. The molecule has 88 valence electrons. The van der Waals surface area contributed by atoms with Gasteiger partial charge in [0.05, 0.1) is 0 Å². The molecule has 2 fully saturated rings. The molecule has 0 aromatic rings. The van der Waals surface area contributed by atoms with Gasteiger partial charge in [-0.05, 0) is 25.8 Å². The zero-order valence-electron chi connectivity index (χ0n) is 9.99. The molecule has 0 amide bonds. The van der Waals surface area contributed by atoms with Crippen LogP contribution in [0.5, 0.6) is 0 Å². The smallest absolute Gasteiger partial charge is 0.0223 e. The highest BCUT2D eigenvalue weighted by molar-refractivity contribution is 4.87. The lowest BCUT2D eigenvalue weighted by Gasteiger charge is -2.46. The molecule has 3 nitrogen and oxygen atoms in total. The highest BCUT2D eigenvalue weighted by Gasteiger charge is 2.30. The predicted octanol–water partition coefficient (Wildman–Crippen LogP) is 0.894. The molecular weight excluding hydrogens is 186 g/mol. The Kier molecular flexibility index (Phi) is 4.00. The molecule has 2 rings (SSSR count). The third-order valence-electron chi connectivity index (χ3n) is 4.13. The Bertz CT molecular complexity index is 191. The van der Waals surface area contributed by atoms with Crippen LogP contribution in [-0.2, 0) is 0 Å². The maximum Gasteiger partial charge on any atom is 0.0223 e. The van der Waals surface area contributed by atoms with Crippen molar-refractivity contribution < 1.29 is 0 Å². The normalized spacial score (nSPS) is 31.2. The summed E-state index contributed by atoms with van der Waals surface area (Å²) in [5.41, 5.74) is 5.83. The molecule has 2 N–H and O–H groups in total. The summed E-state index contributed by atoms with van der Waals surface area (Å²) in [5.74, 6) is 0. The van der Waals surface area contributed by atoms with Gasteiger partial charge in [0.2, 0.25) is 0 Å². The van der Waals surface area contributed by atoms with Crippen LogP contribution in [-0.4, -0.2) is 54.6 Å². The van der Waals surface area contributed by atoms with Crippen LogP contribution in [0.1, 0.15) is 32.6 Å². The SMILES string of the molecule is CCC(CN)N1CCN2CCCCC2C1. The van der Waals surface area contributed by atoms with Crippen molar-refractivity contribution in [3.63, 3.8) is 0 Å². The largest absolute Gasteiger partial charge is 0.329 e. The first-order valence-corrected chi connectivity index (χ1v) is 6.53. The van der Waals surface area contributed by atoms with Gasteiger partial charge in [0.1, 0.15) is 0 Å². The van der Waals surface area contributed by atoms with Crippen LogP contribution < -0.4 is 5.73 Å². The Hall–Kier alpha value is -0.120. The Morgan fingerprint density at radius 2 is 2.13 bits per heavy atom. The van der Waals surface area contributed by atoms with Crippen LogP contribution in [0.3, 0.4) is 0 Å². The van der Waals surface area contributed by atoms with E-state index in [4.69, 9.17) is 5.73 Å². The summed E-state index contributed by atoms with van der Waals surface area (Å²) in [7, 11) is 0. The molecule has 0 aromatic carbocycles. The standard InChI is InChI=1S/C12H25N3/c1-2-11(9-13)15-8-7-14-6-4-3-5-12(14)10-15/h11-12H,2-10,13H2,1H3. The fourth-order valence-corrected chi connectivity index (χ4v) is 3.09. The van der Waals surface area contributed by atoms with E-state index in [0.29, 0.717) is 6.04 Å². The molecule has 0 aromatic heterocycles. The molecule has 2 aliphatic rings. The van der Waals surface area contributed by atoms with Crippen molar-refractivity contribution in [1.29, 1.82) is 0 Å². The van der Waals surface area contributed by atoms with Crippen LogP contribution in [0.15, 0.2) is 0 Å². The molecule has 0 bridgehead atoms. The number of piperidine rings is 1. The van der Waals surface area contributed by atoms with Gasteiger partial charge in [0.25, 0.3) is 0 Å². The van der Waals surface area contributed by atoms with Crippen molar-refractivity contribution in [1.82, 2.24) is 9.80 Å². The Morgan fingerprint density at radius 3 is 2.87 bits per heavy atom. The second-order valence-corrected chi connectivity index (χ2v) is 4.98. The van der Waals surface area contributed by atoms with Gasteiger partial charge in [0.15, 0.2) is 0 Å². The molecule has 2 atom stereocenters. The minimum atomic E-state index is 0.620. The Labute approximate surface area is 93.6 Å². The summed E-state index contributed by atoms with van der Waals surface area (Å²) < 4.78 is 0. The average molecular weight is 211 g/mol. The van der Waals surface area contributed by atoms with Crippen molar-refractivity contribution in [2.24, 2.45) is 5.73 Å². The first kappa shape index (κ1) is 11.4. The van der Waals surface area contributed by atoms with E-state index < -0.39 is 0 Å². The molecule has 0 spiro atoms. The second-order valence-electron chi connectivity index (χ2n) is 4.98. The number of nitrogens with two attached hydrogens (primary N) is 1. The van der Waals surface area contributed by atoms with Crippen LogP contribution in [0.2, 0.25) is 0 Å². The summed E-state index contributed by atoms with van der Waals surface area (Å²) in [5, 5.41) is 0. The molecule has 0 aliphatic carbocycles. The van der Waals surface area contributed by atoms with Gasteiger partial charge in [-0.3, -0.25) is 9.80 Å². The van der Waals surface area contributed by atoms with Gasteiger partial charge < -0.3 is 5.73 Å². The number of piperazine rings is 1. The topological polar surface area (TPSA) is 32.5 Å². The molecule has 2 saturated heterocycles. The Balaban J connectivity index is 1.90. The first-order chi connectivity index (χ1) is 7.35. The van der Waals surface area contributed by atoms with Crippen LogP contribution in [0.4, 0.5) is 0 Å². The Morgan fingerprint density at radius 1 is 1.27 bits per heavy atom. The highest BCUT2D eigenvalue weighted by atomic mass is 15.3. The van der Waals surface area contributed by atoms with E-state index in [2.05, 4.69) is 16.7 Å². The molecule has 0 radical (unpaired) electrons. The third-order valence-corrected chi connectivity index (χ3v) is 4.13. The zero-order valence-corrected chi connectivity index (χ0v) is 9.99. The first-order valence-electron chi connectivity index (χ1n) is 6.53. The van der Waals surface area contributed by atoms with Crippen LogP contribution in [0, 0.1) is 0 Å². The van der Waals surface area contributed by atoms with Crippen molar-refractivity contribution in [3.8, 4) is 0 Å². The quantitative estimate of drug-likeness (QED) is 0.752. The molecular formula is C12H25N3. The zero-order chi connectivity index (χ0) is 10.7.